The Balaban J connectivity index is 1.76. The fraction of sp³-hybridized carbons (Fsp3) is 0.438. The molecule has 5 nitrogen and oxygen atoms in total. The molecule has 1 N–H and O–H groups in total. The van der Waals surface area contributed by atoms with E-state index in [1.54, 1.807) is 24.1 Å². The summed E-state index contributed by atoms with van der Waals surface area (Å²) in [6.45, 7) is 3.48. The quantitative estimate of drug-likeness (QED) is 0.541. The van der Waals surface area contributed by atoms with Crippen molar-refractivity contribution in [1.82, 2.24) is 15.1 Å². The zero-order valence-electron chi connectivity index (χ0n) is 13.8. The van der Waals surface area contributed by atoms with Crippen molar-refractivity contribution in [3.63, 3.8) is 0 Å². The first-order chi connectivity index (χ1) is 11.6. The Morgan fingerprint density at radius 2 is 2.08 bits per heavy atom. The van der Waals surface area contributed by atoms with Gasteiger partial charge in [0, 0.05) is 20.1 Å². The molecular formula is C16H21FN4OS2. The minimum absolute atomic E-state index is 0.0000159. The third-order valence-corrected chi connectivity index (χ3v) is 5.29. The maximum absolute atomic E-state index is 12.9. The number of hydrogen-bond acceptors (Lipinski definition) is 6. The van der Waals surface area contributed by atoms with Crippen molar-refractivity contribution >= 4 is 34.1 Å². The molecule has 2 aromatic rings. The number of nitrogens with zero attached hydrogens (tertiary/aromatic N) is 3. The van der Waals surface area contributed by atoms with Crippen molar-refractivity contribution in [3.8, 4) is 0 Å². The first-order valence-corrected chi connectivity index (χ1v) is 9.57. The van der Waals surface area contributed by atoms with Gasteiger partial charge in [0.15, 0.2) is 4.34 Å². The van der Waals surface area contributed by atoms with E-state index in [4.69, 9.17) is 0 Å². The van der Waals surface area contributed by atoms with Crippen LogP contribution >= 0.6 is 23.1 Å². The number of nitrogens with one attached hydrogen (secondary N) is 1. The summed E-state index contributed by atoms with van der Waals surface area (Å²) < 4.78 is 13.7. The van der Waals surface area contributed by atoms with E-state index >= 15 is 0 Å². The lowest BCUT2D eigenvalue weighted by atomic mass is 10.2. The molecule has 0 bridgehead atoms. The second-order valence-electron chi connectivity index (χ2n) is 5.32. The largest absolute Gasteiger partial charge is 0.360 e. The Labute approximate surface area is 149 Å². The molecule has 0 saturated carbocycles. The van der Waals surface area contributed by atoms with Gasteiger partial charge in [0.2, 0.25) is 11.0 Å². The van der Waals surface area contributed by atoms with Crippen LogP contribution in [0, 0.1) is 5.82 Å². The highest BCUT2D eigenvalue weighted by atomic mass is 32.2. The van der Waals surface area contributed by atoms with Gasteiger partial charge in [-0.15, -0.1) is 10.2 Å². The lowest BCUT2D eigenvalue weighted by Crippen LogP contribution is -2.27. The molecule has 1 heterocycles. The van der Waals surface area contributed by atoms with Gasteiger partial charge in [-0.05, 0) is 24.1 Å². The van der Waals surface area contributed by atoms with Crippen LogP contribution in [0.4, 0.5) is 9.52 Å². The second-order valence-corrected chi connectivity index (χ2v) is 7.52. The van der Waals surface area contributed by atoms with Gasteiger partial charge in [-0.25, -0.2) is 4.39 Å². The molecule has 0 radical (unpaired) electrons. The van der Waals surface area contributed by atoms with E-state index in [9.17, 15) is 9.18 Å². The first-order valence-electron chi connectivity index (χ1n) is 7.77. The molecule has 0 aliphatic rings. The van der Waals surface area contributed by atoms with Crippen molar-refractivity contribution in [2.24, 2.45) is 0 Å². The average Bonchev–Trinajstić information content (AvgIpc) is 3.03. The van der Waals surface area contributed by atoms with Crippen LogP contribution in [0.1, 0.15) is 25.3 Å². The summed E-state index contributed by atoms with van der Waals surface area (Å²) in [6, 6.07) is 6.17. The number of hydrogen-bond donors (Lipinski definition) is 1. The van der Waals surface area contributed by atoms with Gasteiger partial charge in [-0.2, -0.15) is 0 Å². The molecule has 1 aromatic heterocycles. The third kappa shape index (κ3) is 6.09. The van der Waals surface area contributed by atoms with Gasteiger partial charge >= 0.3 is 0 Å². The van der Waals surface area contributed by atoms with E-state index in [1.807, 2.05) is 0 Å². The molecule has 0 aliphatic carbocycles. The zero-order valence-corrected chi connectivity index (χ0v) is 15.4. The molecule has 2 rings (SSSR count). The summed E-state index contributed by atoms with van der Waals surface area (Å²) in [5.74, 6) is 0.0318. The van der Waals surface area contributed by atoms with Crippen LogP contribution in [0.2, 0.25) is 0 Å². The van der Waals surface area contributed by atoms with Crippen LogP contribution in [-0.2, 0) is 11.3 Å². The van der Waals surface area contributed by atoms with Crippen LogP contribution < -0.4 is 5.32 Å². The van der Waals surface area contributed by atoms with Gasteiger partial charge in [0.1, 0.15) is 5.82 Å². The van der Waals surface area contributed by atoms with E-state index in [0.29, 0.717) is 12.3 Å². The predicted octanol–water partition coefficient (Wildman–Crippen LogP) is 3.64. The summed E-state index contributed by atoms with van der Waals surface area (Å²) in [5, 5.41) is 12.1. The highest BCUT2D eigenvalue weighted by Gasteiger charge is 2.12. The number of rotatable bonds is 9. The number of carbonyl (C=O) groups is 1. The molecule has 130 valence electrons. The molecule has 1 amide bonds. The maximum Gasteiger partial charge on any atom is 0.233 e. The first kappa shape index (κ1) is 18.7. The molecule has 0 aliphatic heterocycles. The Kier molecular flexibility index (Phi) is 7.45. The predicted molar refractivity (Wildman–Crippen MR) is 96.9 cm³/mol. The molecule has 1 aromatic carbocycles. The Hall–Kier alpha value is -1.67. The summed E-state index contributed by atoms with van der Waals surface area (Å²) in [7, 11) is 1.74. The molecular weight excluding hydrogens is 347 g/mol. The van der Waals surface area contributed by atoms with E-state index in [2.05, 4.69) is 22.4 Å². The number of halogens is 1. The van der Waals surface area contributed by atoms with Crippen LogP contribution in [0.25, 0.3) is 0 Å². The number of benzene rings is 1. The smallest absolute Gasteiger partial charge is 0.233 e. The van der Waals surface area contributed by atoms with Gasteiger partial charge in [0.05, 0.1) is 5.75 Å². The van der Waals surface area contributed by atoms with E-state index in [1.165, 1.54) is 35.2 Å². The monoisotopic (exact) mass is 368 g/mol. The SMILES string of the molecule is CCCCNc1nnc(SCC(=O)N(C)Cc2ccc(F)cc2)s1. The van der Waals surface area contributed by atoms with E-state index in [-0.39, 0.29) is 11.7 Å². The average molecular weight is 369 g/mol. The van der Waals surface area contributed by atoms with Gasteiger partial charge in [-0.3, -0.25) is 4.79 Å². The Morgan fingerprint density at radius 1 is 1.33 bits per heavy atom. The fourth-order valence-electron chi connectivity index (χ4n) is 1.90. The van der Waals surface area contributed by atoms with Crippen molar-refractivity contribution in [1.29, 1.82) is 0 Å². The molecule has 0 fully saturated rings. The number of anilines is 1. The number of amides is 1. The lowest BCUT2D eigenvalue weighted by molar-refractivity contribution is -0.127. The summed E-state index contributed by atoms with van der Waals surface area (Å²) >= 11 is 2.84. The van der Waals surface area contributed by atoms with Crippen molar-refractivity contribution in [2.75, 3.05) is 24.7 Å². The zero-order chi connectivity index (χ0) is 17.4. The standard InChI is InChI=1S/C16H21FN4OS2/c1-3-4-9-18-15-19-20-16(24-15)23-11-14(22)21(2)10-12-5-7-13(17)8-6-12/h5-8H,3-4,9-11H2,1-2H3,(H,18,19). The second kappa shape index (κ2) is 9.58. The highest BCUT2D eigenvalue weighted by Crippen LogP contribution is 2.25. The summed E-state index contributed by atoms with van der Waals surface area (Å²) in [4.78, 5) is 13.8. The van der Waals surface area contributed by atoms with Crippen LogP contribution in [0.5, 0.6) is 0 Å². The van der Waals surface area contributed by atoms with Crippen molar-refractivity contribution < 1.29 is 9.18 Å². The number of unbranched alkanes of at least 4 members (excludes halogenated alkanes) is 1. The van der Waals surface area contributed by atoms with Crippen LogP contribution in [-0.4, -0.2) is 40.3 Å². The van der Waals surface area contributed by atoms with E-state index < -0.39 is 0 Å². The molecule has 24 heavy (non-hydrogen) atoms. The minimum atomic E-state index is -0.275. The molecule has 0 atom stereocenters. The Bertz CT molecular complexity index is 648. The molecule has 8 heteroatoms. The lowest BCUT2D eigenvalue weighted by Gasteiger charge is -2.16. The van der Waals surface area contributed by atoms with Gasteiger partial charge in [0.25, 0.3) is 0 Å². The van der Waals surface area contributed by atoms with Crippen molar-refractivity contribution in [3.05, 3.63) is 35.6 Å². The van der Waals surface area contributed by atoms with Crippen LogP contribution in [0.15, 0.2) is 28.6 Å². The molecule has 0 saturated heterocycles. The summed E-state index contributed by atoms with van der Waals surface area (Å²) in [5.41, 5.74) is 0.899. The molecule has 0 unspecified atom stereocenters. The van der Waals surface area contributed by atoms with Crippen molar-refractivity contribution in [2.45, 2.75) is 30.6 Å². The normalized spacial score (nSPS) is 10.6. The number of thioether (sulfide) groups is 1. The minimum Gasteiger partial charge on any atom is -0.360 e. The Morgan fingerprint density at radius 3 is 2.79 bits per heavy atom. The highest BCUT2D eigenvalue weighted by molar-refractivity contribution is 8.01. The van der Waals surface area contributed by atoms with Gasteiger partial charge < -0.3 is 10.2 Å². The topological polar surface area (TPSA) is 58.1 Å². The molecule has 0 spiro atoms. The van der Waals surface area contributed by atoms with E-state index in [0.717, 1.165) is 34.4 Å². The fourth-order valence-corrected chi connectivity index (χ4v) is 3.62. The third-order valence-electron chi connectivity index (χ3n) is 3.29. The number of carbonyl (C=O) groups excluding carboxylic acids is 1. The number of aromatic nitrogens is 2. The van der Waals surface area contributed by atoms with Gasteiger partial charge in [-0.1, -0.05) is 48.6 Å². The van der Waals surface area contributed by atoms with Crippen LogP contribution in [0.3, 0.4) is 0 Å². The summed E-state index contributed by atoms with van der Waals surface area (Å²) in [6.07, 6.45) is 2.22. The maximum atomic E-state index is 12.9.